The Morgan fingerprint density at radius 1 is 1.36 bits per heavy atom. The fourth-order valence-electron chi connectivity index (χ4n) is 2.13. The van der Waals surface area contributed by atoms with Gasteiger partial charge in [-0.15, -0.1) is 0 Å². The van der Waals surface area contributed by atoms with Gasteiger partial charge in [-0.1, -0.05) is 23.7 Å². The first-order valence-corrected chi connectivity index (χ1v) is 5.58. The second kappa shape index (κ2) is 4.37. The average Bonchev–Trinajstić information content (AvgIpc) is 2.56. The van der Waals surface area contributed by atoms with Gasteiger partial charge in [-0.25, -0.2) is 0 Å². The van der Waals surface area contributed by atoms with Crippen LogP contribution in [-0.4, -0.2) is 25.4 Å². The summed E-state index contributed by atoms with van der Waals surface area (Å²) in [5.74, 6) is 0. The molecule has 0 aliphatic carbocycles. The van der Waals surface area contributed by atoms with E-state index in [1.54, 1.807) is 0 Å². The van der Waals surface area contributed by atoms with Crippen molar-refractivity contribution in [2.45, 2.75) is 25.3 Å². The molecule has 1 unspecified atom stereocenters. The number of rotatable bonds is 2. The van der Waals surface area contributed by atoms with Gasteiger partial charge in [0.2, 0.25) is 0 Å². The van der Waals surface area contributed by atoms with E-state index >= 15 is 0 Å². The molecule has 1 heterocycles. The Balaban J connectivity index is 2.00. The minimum atomic E-state index is 0.733. The zero-order valence-corrected chi connectivity index (χ0v) is 9.30. The summed E-state index contributed by atoms with van der Waals surface area (Å²) in [7, 11) is 2.22. The summed E-state index contributed by atoms with van der Waals surface area (Å²) < 4.78 is 0. The van der Waals surface area contributed by atoms with Crippen LogP contribution in [0.3, 0.4) is 0 Å². The standard InChI is InChI=1S/C11H15BClN/c12-14-7-1-2-11(14)8-9-3-5-10(13)6-4-9/h3-6,11H,1-2,7-8,12H2. The van der Waals surface area contributed by atoms with Gasteiger partial charge in [-0.05, 0) is 43.5 Å². The fourth-order valence-corrected chi connectivity index (χ4v) is 2.26. The van der Waals surface area contributed by atoms with E-state index in [1.807, 2.05) is 12.1 Å². The van der Waals surface area contributed by atoms with Crippen molar-refractivity contribution in [1.82, 2.24) is 4.81 Å². The second-order valence-corrected chi connectivity index (χ2v) is 4.54. The molecule has 1 nitrogen and oxygen atoms in total. The lowest BCUT2D eigenvalue weighted by atomic mass is 10.0. The summed E-state index contributed by atoms with van der Waals surface area (Å²) in [5, 5.41) is 0.827. The van der Waals surface area contributed by atoms with Gasteiger partial charge in [-0.2, -0.15) is 0 Å². The Morgan fingerprint density at radius 2 is 2.07 bits per heavy atom. The highest BCUT2D eigenvalue weighted by molar-refractivity contribution is 6.30. The lowest BCUT2D eigenvalue weighted by molar-refractivity contribution is 0.418. The maximum Gasteiger partial charge on any atom is 0.185 e. The first-order chi connectivity index (χ1) is 6.75. The van der Waals surface area contributed by atoms with Gasteiger partial charge in [0.05, 0.1) is 0 Å². The van der Waals surface area contributed by atoms with Gasteiger partial charge in [-0.3, -0.25) is 0 Å². The molecule has 1 saturated heterocycles. The Hall–Kier alpha value is -0.465. The molecule has 1 atom stereocenters. The van der Waals surface area contributed by atoms with Crippen molar-refractivity contribution >= 4 is 19.6 Å². The summed E-state index contributed by atoms with van der Waals surface area (Å²) in [5.41, 5.74) is 1.40. The molecule has 0 radical (unpaired) electrons. The van der Waals surface area contributed by atoms with E-state index in [0.29, 0.717) is 0 Å². The molecule has 0 amide bonds. The molecule has 1 aliphatic rings. The predicted molar refractivity (Wildman–Crippen MR) is 63.4 cm³/mol. The molecule has 74 valence electrons. The molecule has 0 N–H and O–H groups in total. The van der Waals surface area contributed by atoms with E-state index in [4.69, 9.17) is 11.6 Å². The van der Waals surface area contributed by atoms with Crippen molar-refractivity contribution in [2.75, 3.05) is 6.54 Å². The third-order valence-corrected chi connectivity index (χ3v) is 3.31. The third-order valence-electron chi connectivity index (χ3n) is 3.06. The Kier molecular flexibility index (Phi) is 3.14. The summed E-state index contributed by atoms with van der Waals surface area (Å²) in [4.78, 5) is 2.45. The fraction of sp³-hybridized carbons (Fsp3) is 0.455. The van der Waals surface area contributed by atoms with Gasteiger partial charge >= 0.3 is 0 Å². The Labute approximate surface area is 91.5 Å². The molecular formula is C11H15BClN. The molecule has 1 aliphatic heterocycles. The average molecular weight is 208 g/mol. The van der Waals surface area contributed by atoms with Gasteiger partial charge in [0.25, 0.3) is 0 Å². The molecule has 1 fully saturated rings. The summed E-state index contributed by atoms with van der Waals surface area (Å²) >= 11 is 5.85. The number of halogens is 1. The molecule has 0 saturated carbocycles. The van der Waals surface area contributed by atoms with Crippen LogP contribution in [0.5, 0.6) is 0 Å². The van der Waals surface area contributed by atoms with Crippen molar-refractivity contribution in [3.8, 4) is 0 Å². The number of hydrogen-bond donors (Lipinski definition) is 0. The number of benzene rings is 1. The van der Waals surface area contributed by atoms with Crippen molar-refractivity contribution in [3.63, 3.8) is 0 Å². The van der Waals surface area contributed by atoms with Crippen LogP contribution in [-0.2, 0) is 6.42 Å². The molecule has 1 aromatic rings. The monoisotopic (exact) mass is 207 g/mol. The predicted octanol–water partition coefficient (Wildman–Crippen LogP) is 1.90. The Morgan fingerprint density at radius 3 is 2.64 bits per heavy atom. The largest absolute Gasteiger partial charge is 0.346 e. The van der Waals surface area contributed by atoms with Crippen LogP contribution in [0.1, 0.15) is 18.4 Å². The highest BCUT2D eigenvalue weighted by atomic mass is 35.5. The van der Waals surface area contributed by atoms with Gasteiger partial charge in [0, 0.05) is 11.1 Å². The van der Waals surface area contributed by atoms with Gasteiger partial charge < -0.3 is 4.81 Å². The number of hydrogen-bond acceptors (Lipinski definition) is 1. The molecule has 0 aromatic heterocycles. The minimum Gasteiger partial charge on any atom is -0.346 e. The molecule has 0 spiro atoms. The maximum atomic E-state index is 5.85. The van der Waals surface area contributed by atoms with Crippen LogP contribution < -0.4 is 0 Å². The quantitative estimate of drug-likeness (QED) is 0.670. The topological polar surface area (TPSA) is 3.24 Å². The van der Waals surface area contributed by atoms with E-state index in [2.05, 4.69) is 24.9 Å². The molecular weight excluding hydrogens is 192 g/mol. The van der Waals surface area contributed by atoms with Crippen LogP contribution in [0.4, 0.5) is 0 Å². The summed E-state index contributed by atoms with van der Waals surface area (Å²) in [6, 6.07) is 8.96. The molecule has 3 heteroatoms. The third kappa shape index (κ3) is 2.31. The van der Waals surface area contributed by atoms with E-state index < -0.39 is 0 Å². The normalized spacial score (nSPS) is 22.8. The van der Waals surface area contributed by atoms with E-state index in [9.17, 15) is 0 Å². The van der Waals surface area contributed by atoms with Crippen molar-refractivity contribution in [3.05, 3.63) is 34.9 Å². The smallest absolute Gasteiger partial charge is 0.185 e. The SMILES string of the molecule is BN1CCCC1Cc1ccc(Cl)cc1. The minimum absolute atomic E-state index is 0.733. The van der Waals surface area contributed by atoms with E-state index in [1.165, 1.54) is 24.9 Å². The molecule has 0 bridgehead atoms. The van der Waals surface area contributed by atoms with Crippen LogP contribution in [0, 0.1) is 0 Å². The molecule has 14 heavy (non-hydrogen) atoms. The molecule has 1 aromatic carbocycles. The van der Waals surface area contributed by atoms with Crippen LogP contribution in [0.25, 0.3) is 0 Å². The zero-order valence-electron chi connectivity index (χ0n) is 8.54. The van der Waals surface area contributed by atoms with Gasteiger partial charge in [0.1, 0.15) is 0 Å². The lowest BCUT2D eigenvalue weighted by Gasteiger charge is -2.19. The van der Waals surface area contributed by atoms with Gasteiger partial charge in [0.15, 0.2) is 7.98 Å². The maximum absolute atomic E-state index is 5.85. The lowest BCUT2D eigenvalue weighted by Crippen LogP contribution is -2.28. The summed E-state index contributed by atoms with van der Waals surface area (Å²) in [6.07, 6.45) is 3.83. The van der Waals surface area contributed by atoms with Crippen LogP contribution in [0.2, 0.25) is 5.02 Å². The van der Waals surface area contributed by atoms with Crippen LogP contribution >= 0.6 is 11.6 Å². The van der Waals surface area contributed by atoms with E-state index in [0.717, 1.165) is 17.5 Å². The highest BCUT2D eigenvalue weighted by Crippen LogP contribution is 2.19. The van der Waals surface area contributed by atoms with Crippen molar-refractivity contribution in [1.29, 1.82) is 0 Å². The highest BCUT2D eigenvalue weighted by Gasteiger charge is 2.20. The van der Waals surface area contributed by atoms with Crippen molar-refractivity contribution in [2.24, 2.45) is 0 Å². The summed E-state index contributed by atoms with van der Waals surface area (Å²) in [6.45, 7) is 1.25. The first kappa shape index (κ1) is 10.1. The zero-order chi connectivity index (χ0) is 9.97. The van der Waals surface area contributed by atoms with Crippen molar-refractivity contribution < 1.29 is 0 Å². The first-order valence-electron chi connectivity index (χ1n) is 5.20. The van der Waals surface area contributed by atoms with E-state index in [-0.39, 0.29) is 0 Å². The number of nitrogens with zero attached hydrogens (tertiary/aromatic N) is 1. The van der Waals surface area contributed by atoms with Crippen LogP contribution in [0.15, 0.2) is 24.3 Å². The molecule has 2 rings (SSSR count). The second-order valence-electron chi connectivity index (χ2n) is 4.11. The Bertz CT molecular complexity index is 299.